The van der Waals surface area contributed by atoms with Crippen LogP contribution in [0.2, 0.25) is 0 Å². The van der Waals surface area contributed by atoms with Gasteiger partial charge in [0, 0.05) is 33.4 Å². The summed E-state index contributed by atoms with van der Waals surface area (Å²) in [5.74, 6) is 1.25. The molecule has 1 saturated carbocycles. The van der Waals surface area contributed by atoms with Gasteiger partial charge in [0.1, 0.15) is 5.69 Å². The first-order valence-corrected chi connectivity index (χ1v) is 6.26. The minimum Gasteiger partial charge on any atom is -0.347 e. The van der Waals surface area contributed by atoms with Crippen LogP contribution in [0.5, 0.6) is 0 Å². The van der Waals surface area contributed by atoms with E-state index in [2.05, 4.69) is 9.97 Å². The molecule has 0 spiro atoms. The first kappa shape index (κ1) is 12.8. The quantitative estimate of drug-likeness (QED) is 0.806. The predicted molar refractivity (Wildman–Crippen MR) is 70.8 cm³/mol. The summed E-state index contributed by atoms with van der Waals surface area (Å²) in [7, 11) is 5.58. The summed E-state index contributed by atoms with van der Waals surface area (Å²) < 4.78 is 0. The second kappa shape index (κ2) is 4.92. The zero-order valence-electron chi connectivity index (χ0n) is 11.5. The lowest BCUT2D eigenvalue weighted by Gasteiger charge is -2.18. The lowest BCUT2D eigenvalue weighted by molar-refractivity contribution is 0.0782. The molecule has 1 fully saturated rings. The SMILES string of the molecule is Cc1cc(C(=O)N(C)CC2CC2)nc(N(C)C)n1. The summed E-state index contributed by atoms with van der Waals surface area (Å²) in [6.07, 6.45) is 2.48. The van der Waals surface area contributed by atoms with Crippen molar-refractivity contribution < 1.29 is 4.79 Å². The molecule has 0 saturated heterocycles. The molecule has 18 heavy (non-hydrogen) atoms. The maximum atomic E-state index is 12.3. The van der Waals surface area contributed by atoms with Gasteiger partial charge in [-0.15, -0.1) is 0 Å². The first-order valence-electron chi connectivity index (χ1n) is 6.26. The fourth-order valence-corrected chi connectivity index (χ4v) is 1.83. The van der Waals surface area contributed by atoms with E-state index in [0.717, 1.165) is 12.2 Å². The summed E-state index contributed by atoms with van der Waals surface area (Å²) >= 11 is 0. The van der Waals surface area contributed by atoms with Gasteiger partial charge in [-0.3, -0.25) is 4.79 Å². The Balaban J connectivity index is 2.17. The van der Waals surface area contributed by atoms with Crippen molar-refractivity contribution in [2.45, 2.75) is 19.8 Å². The van der Waals surface area contributed by atoms with Crippen molar-refractivity contribution in [3.8, 4) is 0 Å². The minimum absolute atomic E-state index is 0.0181. The van der Waals surface area contributed by atoms with Gasteiger partial charge >= 0.3 is 0 Å². The zero-order chi connectivity index (χ0) is 13.3. The number of anilines is 1. The average Bonchev–Trinajstić information content (AvgIpc) is 3.11. The maximum Gasteiger partial charge on any atom is 0.272 e. The minimum atomic E-state index is -0.0181. The van der Waals surface area contributed by atoms with Crippen molar-refractivity contribution in [2.24, 2.45) is 5.92 Å². The summed E-state index contributed by atoms with van der Waals surface area (Å²) in [5.41, 5.74) is 1.30. The molecule has 0 aromatic carbocycles. The molecule has 5 nitrogen and oxygen atoms in total. The molecule has 0 radical (unpaired) electrons. The van der Waals surface area contributed by atoms with Gasteiger partial charge < -0.3 is 9.80 Å². The van der Waals surface area contributed by atoms with Gasteiger partial charge in [0.2, 0.25) is 5.95 Å². The number of rotatable bonds is 4. The molecule has 1 amide bonds. The molecule has 2 rings (SSSR count). The maximum absolute atomic E-state index is 12.3. The molecule has 98 valence electrons. The number of aryl methyl sites for hydroxylation is 1. The van der Waals surface area contributed by atoms with Gasteiger partial charge in [-0.1, -0.05) is 0 Å². The summed E-state index contributed by atoms with van der Waals surface area (Å²) in [5, 5.41) is 0. The highest BCUT2D eigenvalue weighted by atomic mass is 16.2. The molecule has 5 heteroatoms. The second-order valence-electron chi connectivity index (χ2n) is 5.22. The van der Waals surface area contributed by atoms with Gasteiger partial charge in [0.05, 0.1) is 0 Å². The third kappa shape index (κ3) is 2.97. The second-order valence-corrected chi connectivity index (χ2v) is 5.22. The molecular formula is C13H20N4O. The van der Waals surface area contributed by atoms with E-state index in [1.165, 1.54) is 12.8 Å². The Morgan fingerprint density at radius 1 is 1.33 bits per heavy atom. The highest BCUT2D eigenvalue weighted by Crippen LogP contribution is 2.29. The lowest BCUT2D eigenvalue weighted by Crippen LogP contribution is -2.30. The van der Waals surface area contributed by atoms with E-state index < -0.39 is 0 Å². The summed E-state index contributed by atoms with van der Waals surface area (Å²) in [6.45, 7) is 2.71. The Kier molecular flexibility index (Phi) is 3.50. The molecule has 0 aliphatic heterocycles. The fourth-order valence-electron chi connectivity index (χ4n) is 1.83. The Morgan fingerprint density at radius 3 is 2.56 bits per heavy atom. The van der Waals surface area contributed by atoms with E-state index in [0.29, 0.717) is 17.6 Å². The number of carbonyl (C=O) groups excluding carboxylic acids is 1. The van der Waals surface area contributed by atoms with Crippen molar-refractivity contribution in [3.05, 3.63) is 17.5 Å². The molecular weight excluding hydrogens is 228 g/mol. The van der Waals surface area contributed by atoms with Crippen LogP contribution in [0.25, 0.3) is 0 Å². The number of aromatic nitrogens is 2. The van der Waals surface area contributed by atoms with E-state index in [9.17, 15) is 4.79 Å². The molecule has 0 atom stereocenters. The highest BCUT2D eigenvalue weighted by molar-refractivity contribution is 5.92. The van der Waals surface area contributed by atoms with Gasteiger partial charge in [-0.05, 0) is 31.7 Å². The Morgan fingerprint density at radius 2 is 2.00 bits per heavy atom. The standard InChI is InChI=1S/C13H20N4O/c1-9-7-11(15-13(14-9)16(2)3)12(18)17(4)8-10-5-6-10/h7,10H,5-6,8H2,1-4H3. The van der Waals surface area contributed by atoms with Gasteiger partial charge in [0.25, 0.3) is 5.91 Å². The van der Waals surface area contributed by atoms with Crippen LogP contribution >= 0.6 is 0 Å². The van der Waals surface area contributed by atoms with E-state index >= 15 is 0 Å². The first-order chi connectivity index (χ1) is 8.47. The average molecular weight is 248 g/mol. The smallest absolute Gasteiger partial charge is 0.272 e. The van der Waals surface area contributed by atoms with Gasteiger partial charge in [-0.2, -0.15) is 0 Å². The number of hydrogen-bond donors (Lipinski definition) is 0. The Bertz CT molecular complexity index is 454. The van der Waals surface area contributed by atoms with Crippen LogP contribution in [0.3, 0.4) is 0 Å². The molecule has 1 aliphatic rings. The van der Waals surface area contributed by atoms with Crippen LogP contribution in [0.15, 0.2) is 6.07 Å². The largest absolute Gasteiger partial charge is 0.347 e. The number of carbonyl (C=O) groups is 1. The van der Waals surface area contributed by atoms with Crippen LogP contribution in [0, 0.1) is 12.8 Å². The monoisotopic (exact) mass is 248 g/mol. The molecule has 1 aliphatic carbocycles. The highest BCUT2D eigenvalue weighted by Gasteiger charge is 2.26. The van der Waals surface area contributed by atoms with E-state index in [1.54, 1.807) is 11.0 Å². The van der Waals surface area contributed by atoms with Crippen LogP contribution in [-0.2, 0) is 0 Å². The van der Waals surface area contributed by atoms with Crippen molar-refractivity contribution >= 4 is 11.9 Å². The zero-order valence-corrected chi connectivity index (χ0v) is 11.5. The molecule has 1 aromatic rings. The van der Waals surface area contributed by atoms with Gasteiger partial charge in [-0.25, -0.2) is 9.97 Å². The normalized spacial score (nSPS) is 14.4. The predicted octanol–water partition coefficient (Wildman–Crippen LogP) is 1.33. The Hall–Kier alpha value is -1.65. The number of hydrogen-bond acceptors (Lipinski definition) is 4. The lowest BCUT2D eigenvalue weighted by atomic mass is 10.3. The van der Waals surface area contributed by atoms with Crippen molar-refractivity contribution in [1.82, 2.24) is 14.9 Å². The molecule has 1 heterocycles. The van der Waals surface area contributed by atoms with Gasteiger partial charge in [0.15, 0.2) is 0 Å². The summed E-state index contributed by atoms with van der Waals surface area (Å²) in [6, 6.07) is 1.75. The third-order valence-corrected chi connectivity index (χ3v) is 3.04. The molecule has 1 aromatic heterocycles. The number of amides is 1. The van der Waals surface area contributed by atoms with Crippen LogP contribution < -0.4 is 4.90 Å². The van der Waals surface area contributed by atoms with Crippen LogP contribution in [-0.4, -0.2) is 48.5 Å². The fraction of sp³-hybridized carbons (Fsp3) is 0.615. The number of nitrogens with zero attached hydrogens (tertiary/aromatic N) is 4. The summed E-state index contributed by atoms with van der Waals surface area (Å²) in [4.78, 5) is 24.4. The van der Waals surface area contributed by atoms with E-state index in [-0.39, 0.29) is 5.91 Å². The third-order valence-electron chi connectivity index (χ3n) is 3.04. The van der Waals surface area contributed by atoms with Crippen LogP contribution in [0.4, 0.5) is 5.95 Å². The molecule has 0 unspecified atom stereocenters. The van der Waals surface area contributed by atoms with Crippen molar-refractivity contribution in [2.75, 3.05) is 32.6 Å². The molecule has 0 bridgehead atoms. The van der Waals surface area contributed by atoms with E-state index in [1.807, 2.05) is 33.0 Å². The Labute approximate surface area is 108 Å². The topological polar surface area (TPSA) is 49.3 Å². The van der Waals surface area contributed by atoms with Crippen molar-refractivity contribution in [3.63, 3.8) is 0 Å². The van der Waals surface area contributed by atoms with E-state index in [4.69, 9.17) is 0 Å². The van der Waals surface area contributed by atoms with Crippen LogP contribution in [0.1, 0.15) is 29.0 Å². The molecule has 0 N–H and O–H groups in total. The van der Waals surface area contributed by atoms with Crippen molar-refractivity contribution in [1.29, 1.82) is 0 Å².